The molecule has 3 heteroatoms. The number of fused-ring (bicyclic) bond motifs is 1. The summed E-state index contributed by atoms with van der Waals surface area (Å²) in [7, 11) is 0. The van der Waals surface area contributed by atoms with Gasteiger partial charge in [0.05, 0.1) is 0 Å². The second-order valence-corrected chi connectivity index (χ2v) is 6.64. The van der Waals surface area contributed by atoms with Crippen LogP contribution in [0.2, 0.25) is 0 Å². The van der Waals surface area contributed by atoms with Crippen molar-refractivity contribution in [2.75, 3.05) is 0 Å². The van der Waals surface area contributed by atoms with Crippen molar-refractivity contribution < 1.29 is 0 Å². The van der Waals surface area contributed by atoms with E-state index in [9.17, 15) is 0 Å². The lowest BCUT2D eigenvalue weighted by molar-refractivity contribution is 0.646. The van der Waals surface area contributed by atoms with Crippen LogP contribution in [0.3, 0.4) is 0 Å². The van der Waals surface area contributed by atoms with Crippen molar-refractivity contribution in [2.24, 2.45) is 5.73 Å². The molecular weight excluding hydrogens is 276 g/mol. The van der Waals surface area contributed by atoms with Crippen molar-refractivity contribution in [3.63, 3.8) is 0 Å². The van der Waals surface area contributed by atoms with Crippen LogP contribution in [0.5, 0.6) is 0 Å². The fourth-order valence-corrected chi connectivity index (χ4v) is 3.38. The number of aromatic nitrogens is 1. The van der Waals surface area contributed by atoms with Gasteiger partial charge in [-0.05, 0) is 53.8 Å². The lowest BCUT2D eigenvalue weighted by atomic mass is 10.0. The van der Waals surface area contributed by atoms with Gasteiger partial charge in [0.15, 0.2) is 0 Å². The molecule has 3 rings (SSSR count). The minimum Gasteiger partial charge on any atom is -0.347 e. The highest BCUT2D eigenvalue weighted by molar-refractivity contribution is 7.09. The molecular formula is C18H22N2S. The molecule has 21 heavy (non-hydrogen) atoms. The van der Waals surface area contributed by atoms with Crippen molar-refractivity contribution in [3.05, 3.63) is 58.4 Å². The Hall–Kier alpha value is -1.58. The van der Waals surface area contributed by atoms with Crippen molar-refractivity contribution in [2.45, 2.75) is 38.8 Å². The molecule has 110 valence electrons. The van der Waals surface area contributed by atoms with Gasteiger partial charge in [-0.3, -0.25) is 0 Å². The van der Waals surface area contributed by atoms with Crippen LogP contribution in [0.15, 0.2) is 48.0 Å². The summed E-state index contributed by atoms with van der Waals surface area (Å²) in [5.74, 6) is 0. The number of hydrogen-bond acceptors (Lipinski definition) is 2. The molecule has 0 aliphatic rings. The maximum atomic E-state index is 6.08. The summed E-state index contributed by atoms with van der Waals surface area (Å²) in [6.45, 7) is 3.18. The SMILES string of the molecule is CCC(N)Cc1ccc2ccn(CCc3cccs3)c2c1. The molecule has 0 aliphatic heterocycles. The molecule has 2 heterocycles. The van der Waals surface area contributed by atoms with Gasteiger partial charge in [0, 0.05) is 29.2 Å². The molecule has 0 saturated heterocycles. The monoisotopic (exact) mass is 298 g/mol. The van der Waals surface area contributed by atoms with Crippen LogP contribution in [0.25, 0.3) is 10.9 Å². The van der Waals surface area contributed by atoms with E-state index < -0.39 is 0 Å². The van der Waals surface area contributed by atoms with E-state index in [-0.39, 0.29) is 6.04 Å². The van der Waals surface area contributed by atoms with E-state index in [0.29, 0.717) is 0 Å². The molecule has 2 N–H and O–H groups in total. The number of hydrogen-bond donors (Lipinski definition) is 1. The smallest absolute Gasteiger partial charge is 0.0483 e. The summed E-state index contributed by atoms with van der Waals surface area (Å²) in [4.78, 5) is 1.45. The van der Waals surface area contributed by atoms with Crippen molar-refractivity contribution in [1.29, 1.82) is 0 Å². The zero-order valence-electron chi connectivity index (χ0n) is 12.5. The predicted octanol–water partition coefficient (Wildman–Crippen LogP) is 4.23. The zero-order valence-corrected chi connectivity index (χ0v) is 13.3. The van der Waals surface area contributed by atoms with Gasteiger partial charge in [-0.25, -0.2) is 0 Å². The number of nitrogens with two attached hydrogens (primary N) is 1. The molecule has 2 aromatic heterocycles. The first-order valence-electron chi connectivity index (χ1n) is 7.62. The van der Waals surface area contributed by atoms with Crippen LogP contribution in [0.1, 0.15) is 23.8 Å². The summed E-state index contributed by atoms with van der Waals surface area (Å²) in [6, 6.07) is 13.5. The summed E-state index contributed by atoms with van der Waals surface area (Å²) >= 11 is 1.83. The Kier molecular flexibility index (Phi) is 4.42. The summed E-state index contributed by atoms with van der Waals surface area (Å²) < 4.78 is 2.36. The first-order chi connectivity index (χ1) is 10.3. The standard InChI is InChI=1S/C18H22N2S/c1-2-16(19)12-14-5-6-15-7-9-20(18(15)13-14)10-8-17-4-3-11-21-17/h3-7,9,11,13,16H,2,8,10,12,19H2,1H3. The summed E-state index contributed by atoms with van der Waals surface area (Å²) in [6.07, 6.45) is 5.28. The maximum Gasteiger partial charge on any atom is 0.0483 e. The Morgan fingerprint density at radius 1 is 1.24 bits per heavy atom. The first kappa shape index (κ1) is 14.4. The number of rotatable bonds is 6. The third-order valence-electron chi connectivity index (χ3n) is 4.04. The van der Waals surface area contributed by atoms with Crippen LogP contribution in [-0.4, -0.2) is 10.6 Å². The van der Waals surface area contributed by atoms with Gasteiger partial charge in [-0.15, -0.1) is 11.3 Å². The largest absolute Gasteiger partial charge is 0.347 e. The lowest BCUT2D eigenvalue weighted by Gasteiger charge is -2.10. The molecule has 1 aromatic carbocycles. The highest BCUT2D eigenvalue weighted by Crippen LogP contribution is 2.20. The van der Waals surface area contributed by atoms with E-state index in [0.717, 1.165) is 25.8 Å². The molecule has 1 atom stereocenters. The van der Waals surface area contributed by atoms with Crippen molar-refractivity contribution in [3.8, 4) is 0 Å². The fraction of sp³-hybridized carbons (Fsp3) is 0.333. The van der Waals surface area contributed by atoms with Crippen molar-refractivity contribution in [1.82, 2.24) is 4.57 Å². The average Bonchev–Trinajstić information content (AvgIpc) is 3.14. The van der Waals surface area contributed by atoms with Gasteiger partial charge >= 0.3 is 0 Å². The zero-order chi connectivity index (χ0) is 14.7. The summed E-state index contributed by atoms with van der Waals surface area (Å²) in [5, 5.41) is 3.46. The van der Waals surface area contributed by atoms with Gasteiger partial charge in [-0.2, -0.15) is 0 Å². The first-order valence-corrected chi connectivity index (χ1v) is 8.50. The van der Waals surface area contributed by atoms with E-state index >= 15 is 0 Å². The average molecular weight is 298 g/mol. The van der Waals surface area contributed by atoms with Crippen LogP contribution >= 0.6 is 11.3 Å². The van der Waals surface area contributed by atoms with Crippen LogP contribution in [0.4, 0.5) is 0 Å². The molecule has 3 aromatic rings. The van der Waals surface area contributed by atoms with Crippen LogP contribution < -0.4 is 5.73 Å². The topological polar surface area (TPSA) is 30.9 Å². The van der Waals surface area contributed by atoms with Gasteiger partial charge in [0.25, 0.3) is 0 Å². The third kappa shape index (κ3) is 3.36. The second-order valence-electron chi connectivity index (χ2n) is 5.60. The highest BCUT2D eigenvalue weighted by atomic mass is 32.1. The second kappa shape index (κ2) is 6.46. The lowest BCUT2D eigenvalue weighted by Crippen LogP contribution is -2.21. The third-order valence-corrected chi connectivity index (χ3v) is 4.98. The molecule has 0 saturated carbocycles. The Bertz CT molecular complexity index is 697. The molecule has 1 unspecified atom stereocenters. The van der Waals surface area contributed by atoms with E-state index in [2.05, 4.69) is 59.5 Å². The molecule has 0 radical (unpaired) electrons. The molecule has 0 fully saturated rings. The molecule has 0 bridgehead atoms. The van der Waals surface area contributed by atoms with E-state index in [4.69, 9.17) is 5.73 Å². The molecule has 2 nitrogen and oxygen atoms in total. The molecule has 0 spiro atoms. The number of thiophene rings is 1. The van der Waals surface area contributed by atoms with Crippen molar-refractivity contribution >= 4 is 22.2 Å². The molecule has 0 aliphatic carbocycles. The fourth-order valence-electron chi connectivity index (χ4n) is 2.68. The Balaban J connectivity index is 1.80. The van der Waals surface area contributed by atoms with Gasteiger partial charge < -0.3 is 10.3 Å². The Morgan fingerprint density at radius 3 is 2.90 bits per heavy atom. The number of aryl methyl sites for hydroxylation is 2. The van der Waals surface area contributed by atoms with E-state index in [1.54, 1.807) is 0 Å². The van der Waals surface area contributed by atoms with E-state index in [1.165, 1.54) is 21.3 Å². The Labute approximate surface area is 130 Å². The predicted molar refractivity (Wildman–Crippen MR) is 91.9 cm³/mol. The highest BCUT2D eigenvalue weighted by Gasteiger charge is 2.06. The van der Waals surface area contributed by atoms with Crippen LogP contribution in [-0.2, 0) is 19.4 Å². The molecule has 0 amide bonds. The van der Waals surface area contributed by atoms with Gasteiger partial charge in [-0.1, -0.05) is 25.1 Å². The maximum absolute atomic E-state index is 6.08. The minimum absolute atomic E-state index is 0.261. The Morgan fingerprint density at radius 2 is 2.14 bits per heavy atom. The normalized spacial score (nSPS) is 12.9. The quantitative estimate of drug-likeness (QED) is 0.725. The van der Waals surface area contributed by atoms with Gasteiger partial charge in [0.2, 0.25) is 0 Å². The summed E-state index contributed by atoms with van der Waals surface area (Å²) in [5.41, 5.74) is 8.75. The van der Waals surface area contributed by atoms with Crippen LogP contribution in [0, 0.1) is 0 Å². The minimum atomic E-state index is 0.261. The number of benzene rings is 1. The van der Waals surface area contributed by atoms with Gasteiger partial charge in [0.1, 0.15) is 0 Å². The number of nitrogens with zero attached hydrogens (tertiary/aromatic N) is 1. The van der Waals surface area contributed by atoms with E-state index in [1.807, 2.05) is 11.3 Å².